The topological polar surface area (TPSA) is 59.7 Å². The van der Waals surface area contributed by atoms with Crippen LogP contribution >= 0.6 is 0 Å². The van der Waals surface area contributed by atoms with Gasteiger partial charge in [0.15, 0.2) is 5.82 Å². The Hall–Kier alpha value is -1.98. The molecule has 106 valence electrons. The van der Waals surface area contributed by atoms with Crippen LogP contribution in [0.5, 0.6) is 0 Å². The lowest BCUT2D eigenvalue weighted by Crippen LogP contribution is -2.34. The van der Waals surface area contributed by atoms with Crippen LogP contribution in [0, 0.1) is 13.8 Å². The number of anilines is 1. The lowest BCUT2D eigenvalue weighted by molar-refractivity contribution is 0.471. The summed E-state index contributed by atoms with van der Waals surface area (Å²) < 4.78 is 2.02. The van der Waals surface area contributed by atoms with Crippen molar-refractivity contribution in [3.63, 3.8) is 0 Å². The van der Waals surface area contributed by atoms with Gasteiger partial charge in [0.2, 0.25) is 0 Å². The first-order valence-electron chi connectivity index (χ1n) is 7.05. The highest BCUT2D eigenvalue weighted by atomic mass is 15.3. The molecule has 3 rings (SSSR count). The third-order valence-corrected chi connectivity index (χ3v) is 4.15. The van der Waals surface area contributed by atoms with E-state index in [1.54, 1.807) is 6.33 Å². The van der Waals surface area contributed by atoms with Gasteiger partial charge in [-0.15, -0.1) is 15.3 Å². The molecule has 0 aromatic carbocycles. The van der Waals surface area contributed by atoms with Gasteiger partial charge in [0.1, 0.15) is 12.2 Å². The van der Waals surface area contributed by atoms with E-state index in [1.165, 1.54) is 5.56 Å². The molecule has 0 amide bonds. The smallest absolute Gasteiger partial charge is 0.151 e. The van der Waals surface area contributed by atoms with Crippen molar-refractivity contribution in [3.8, 4) is 0 Å². The summed E-state index contributed by atoms with van der Waals surface area (Å²) in [5, 5.41) is 16.7. The molecule has 6 nitrogen and oxygen atoms in total. The lowest BCUT2D eigenvalue weighted by atomic mass is 9.96. The van der Waals surface area contributed by atoms with Gasteiger partial charge in [-0.1, -0.05) is 0 Å². The molecule has 1 aliphatic rings. The number of piperidine rings is 1. The zero-order chi connectivity index (χ0) is 14.1. The second kappa shape index (κ2) is 5.19. The molecule has 1 aliphatic heterocycles. The first kappa shape index (κ1) is 13.0. The maximum absolute atomic E-state index is 4.31. The minimum Gasteiger partial charge on any atom is -0.355 e. The Morgan fingerprint density at radius 2 is 1.85 bits per heavy atom. The van der Waals surface area contributed by atoms with E-state index in [0.717, 1.165) is 43.3 Å². The minimum atomic E-state index is 0.498. The fourth-order valence-electron chi connectivity index (χ4n) is 2.72. The average molecular weight is 272 g/mol. The van der Waals surface area contributed by atoms with E-state index in [4.69, 9.17) is 0 Å². The largest absolute Gasteiger partial charge is 0.355 e. The highest BCUT2D eigenvalue weighted by Crippen LogP contribution is 2.28. The molecule has 3 heterocycles. The second-order valence-corrected chi connectivity index (χ2v) is 5.53. The third kappa shape index (κ3) is 2.37. The van der Waals surface area contributed by atoms with E-state index in [2.05, 4.69) is 38.3 Å². The average Bonchev–Trinajstić information content (AvgIpc) is 2.88. The second-order valence-electron chi connectivity index (χ2n) is 5.53. The molecular formula is C14H20N6. The molecule has 1 saturated heterocycles. The molecule has 0 unspecified atom stereocenters. The Labute approximate surface area is 118 Å². The van der Waals surface area contributed by atoms with Crippen molar-refractivity contribution in [1.82, 2.24) is 25.0 Å². The van der Waals surface area contributed by atoms with Crippen molar-refractivity contribution in [1.29, 1.82) is 0 Å². The molecule has 2 aromatic rings. The lowest BCUT2D eigenvalue weighted by Gasteiger charge is -2.32. The number of rotatable bonds is 2. The summed E-state index contributed by atoms with van der Waals surface area (Å²) in [4.78, 5) is 2.31. The van der Waals surface area contributed by atoms with Crippen LogP contribution in [0.25, 0.3) is 0 Å². The zero-order valence-electron chi connectivity index (χ0n) is 12.2. The number of nitrogens with zero attached hydrogens (tertiary/aromatic N) is 6. The summed E-state index contributed by atoms with van der Waals surface area (Å²) in [5.41, 5.74) is 2.20. The van der Waals surface area contributed by atoms with Crippen molar-refractivity contribution >= 4 is 5.82 Å². The highest BCUT2D eigenvalue weighted by molar-refractivity contribution is 5.41. The molecular weight excluding hydrogens is 252 g/mol. The molecule has 0 saturated carbocycles. The van der Waals surface area contributed by atoms with Crippen LogP contribution < -0.4 is 4.90 Å². The highest BCUT2D eigenvalue weighted by Gasteiger charge is 2.24. The van der Waals surface area contributed by atoms with Gasteiger partial charge in [-0.25, -0.2) is 0 Å². The van der Waals surface area contributed by atoms with Gasteiger partial charge in [0.25, 0.3) is 0 Å². The Kier molecular flexibility index (Phi) is 3.38. The third-order valence-electron chi connectivity index (χ3n) is 4.15. The van der Waals surface area contributed by atoms with Crippen LogP contribution in [0.2, 0.25) is 0 Å². The van der Waals surface area contributed by atoms with Crippen molar-refractivity contribution in [3.05, 3.63) is 29.5 Å². The standard InChI is InChI=1S/C14H20N6/c1-10-8-13(17-16-11(10)2)20-6-4-12(5-7-20)14-18-15-9-19(14)3/h8-9,12H,4-7H2,1-3H3. The maximum atomic E-state index is 4.31. The summed E-state index contributed by atoms with van der Waals surface area (Å²) in [7, 11) is 2.01. The predicted octanol–water partition coefficient (Wildman–Crippen LogP) is 1.61. The van der Waals surface area contributed by atoms with Gasteiger partial charge in [0.05, 0.1) is 5.69 Å². The van der Waals surface area contributed by atoms with Gasteiger partial charge in [-0.05, 0) is 38.3 Å². The Morgan fingerprint density at radius 1 is 1.10 bits per heavy atom. The molecule has 0 atom stereocenters. The normalized spacial score (nSPS) is 16.6. The molecule has 0 bridgehead atoms. The predicted molar refractivity (Wildman–Crippen MR) is 76.7 cm³/mol. The van der Waals surface area contributed by atoms with Gasteiger partial charge < -0.3 is 9.47 Å². The quantitative estimate of drug-likeness (QED) is 0.831. The Bertz CT molecular complexity index is 597. The van der Waals surface area contributed by atoms with Crippen molar-refractivity contribution in [2.45, 2.75) is 32.6 Å². The van der Waals surface area contributed by atoms with E-state index in [-0.39, 0.29) is 0 Å². The van der Waals surface area contributed by atoms with Crippen LogP contribution in [0.4, 0.5) is 5.82 Å². The molecule has 20 heavy (non-hydrogen) atoms. The van der Waals surface area contributed by atoms with Crippen molar-refractivity contribution in [2.24, 2.45) is 7.05 Å². The van der Waals surface area contributed by atoms with Gasteiger partial charge >= 0.3 is 0 Å². The van der Waals surface area contributed by atoms with E-state index in [9.17, 15) is 0 Å². The summed E-state index contributed by atoms with van der Waals surface area (Å²) >= 11 is 0. The first-order chi connectivity index (χ1) is 9.65. The molecule has 0 radical (unpaired) electrons. The number of hydrogen-bond acceptors (Lipinski definition) is 5. The summed E-state index contributed by atoms with van der Waals surface area (Å²) in [6, 6.07) is 2.13. The molecule has 6 heteroatoms. The van der Waals surface area contributed by atoms with E-state index >= 15 is 0 Å². The fraction of sp³-hybridized carbons (Fsp3) is 0.571. The van der Waals surface area contributed by atoms with Crippen molar-refractivity contribution < 1.29 is 0 Å². The molecule has 2 aromatic heterocycles. The number of aryl methyl sites for hydroxylation is 3. The van der Waals surface area contributed by atoms with Gasteiger partial charge in [0, 0.05) is 26.1 Å². The number of aromatic nitrogens is 5. The SMILES string of the molecule is Cc1cc(N2CCC(c3nncn3C)CC2)nnc1C. The Morgan fingerprint density at radius 3 is 2.45 bits per heavy atom. The number of hydrogen-bond donors (Lipinski definition) is 0. The Balaban J connectivity index is 1.69. The summed E-state index contributed by atoms with van der Waals surface area (Å²) in [5.74, 6) is 2.58. The van der Waals surface area contributed by atoms with Crippen LogP contribution in [0.1, 0.15) is 35.8 Å². The van der Waals surface area contributed by atoms with Gasteiger partial charge in [-0.3, -0.25) is 0 Å². The van der Waals surface area contributed by atoms with Crippen LogP contribution in [0.15, 0.2) is 12.4 Å². The van der Waals surface area contributed by atoms with Crippen LogP contribution in [-0.2, 0) is 7.05 Å². The molecule has 0 N–H and O–H groups in total. The van der Waals surface area contributed by atoms with Gasteiger partial charge in [-0.2, -0.15) is 5.10 Å². The molecule has 1 fully saturated rings. The molecule has 0 aliphatic carbocycles. The van der Waals surface area contributed by atoms with E-state index in [0.29, 0.717) is 5.92 Å². The van der Waals surface area contributed by atoms with Crippen LogP contribution in [-0.4, -0.2) is 38.1 Å². The van der Waals surface area contributed by atoms with E-state index in [1.807, 2.05) is 18.5 Å². The summed E-state index contributed by atoms with van der Waals surface area (Å²) in [6.07, 6.45) is 3.94. The zero-order valence-corrected chi connectivity index (χ0v) is 12.2. The van der Waals surface area contributed by atoms with Crippen molar-refractivity contribution in [2.75, 3.05) is 18.0 Å². The fourth-order valence-corrected chi connectivity index (χ4v) is 2.72. The monoisotopic (exact) mass is 272 g/mol. The minimum absolute atomic E-state index is 0.498. The van der Waals surface area contributed by atoms with Crippen LogP contribution in [0.3, 0.4) is 0 Å². The summed E-state index contributed by atoms with van der Waals surface area (Å²) in [6.45, 7) is 6.07. The van der Waals surface area contributed by atoms with E-state index < -0.39 is 0 Å². The first-order valence-corrected chi connectivity index (χ1v) is 7.05. The maximum Gasteiger partial charge on any atom is 0.151 e. The molecule has 0 spiro atoms.